The molecule has 0 aliphatic carbocycles. The van der Waals surface area contributed by atoms with Gasteiger partial charge in [-0.05, 0) is 11.6 Å². The number of anilines is 1. The van der Waals surface area contributed by atoms with Gasteiger partial charge in [-0.15, -0.1) is 0 Å². The summed E-state index contributed by atoms with van der Waals surface area (Å²) in [7, 11) is 0. The Morgan fingerprint density at radius 1 is 1.20 bits per heavy atom. The minimum Gasteiger partial charge on any atom is -0.355 e. The van der Waals surface area contributed by atoms with Gasteiger partial charge < -0.3 is 4.90 Å². The summed E-state index contributed by atoms with van der Waals surface area (Å²) >= 11 is 0. The van der Waals surface area contributed by atoms with E-state index in [1.54, 1.807) is 12.3 Å². The summed E-state index contributed by atoms with van der Waals surface area (Å²) in [6.07, 6.45) is 3.24. The molecule has 0 bridgehead atoms. The molecule has 1 aromatic carbocycles. The van der Waals surface area contributed by atoms with E-state index in [1.807, 2.05) is 12.1 Å². The maximum atomic E-state index is 13.7. The van der Waals surface area contributed by atoms with E-state index >= 15 is 0 Å². The van der Waals surface area contributed by atoms with Gasteiger partial charge in [-0.3, -0.25) is 5.10 Å². The molecule has 0 atom stereocenters. The standard InChI is InChI=1S/C14H12FN5/c15-12-4-2-1-3-10(12)9-6-20(7-9)14-11-5-18-19-13(11)16-8-17-14/h1-5,8-9H,6-7H2,(H,16,17,18,19). The van der Waals surface area contributed by atoms with Crippen molar-refractivity contribution in [3.05, 3.63) is 48.2 Å². The van der Waals surface area contributed by atoms with Crippen LogP contribution in [0, 0.1) is 5.82 Å². The summed E-state index contributed by atoms with van der Waals surface area (Å²) in [4.78, 5) is 10.6. The number of halogens is 1. The first-order chi connectivity index (χ1) is 9.83. The van der Waals surface area contributed by atoms with Crippen LogP contribution < -0.4 is 4.90 Å². The number of benzene rings is 1. The largest absolute Gasteiger partial charge is 0.355 e. The highest BCUT2D eigenvalue weighted by molar-refractivity contribution is 5.86. The molecule has 3 heterocycles. The molecule has 1 saturated heterocycles. The Balaban J connectivity index is 1.60. The van der Waals surface area contributed by atoms with E-state index in [4.69, 9.17) is 0 Å². The normalized spacial score (nSPS) is 15.6. The average molecular weight is 269 g/mol. The van der Waals surface area contributed by atoms with Crippen LogP contribution in [0.2, 0.25) is 0 Å². The van der Waals surface area contributed by atoms with Gasteiger partial charge in [0.1, 0.15) is 18.0 Å². The third-order valence-electron chi connectivity index (χ3n) is 3.75. The molecule has 6 heteroatoms. The third-order valence-corrected chi connectivity index (χ3v) is 3.75. The van der Waals surface area contributed by atoms with Crippen molar-refractivity contribution >= 4 is 16.9 Å². The minimum absolute atomic E-state index is 0.131. The minimum atomic E-state index is -0.131. The zero-order chi connectivity index (χ0) is 13.5. The van der Waals surface area contributed by atoms with Gasteiger partial charge >= 0.3 is 0 Å². The Labute approximate surface area is 114 Å². The van der Waals surface area contributed by atoms with Crippen molar-refractivity contribution in [1.29, 1.82) is 0 Å². The van der Waals surface area contributed by atoms with E-state index in [1.165, 1.54) is 12.4 Å². The SMILES string of the molecule is Fc1ccccc1C1CN(c2ncnc3[nH]ncc23)C1. The highest BCUT2D eigenvalue weighted by Gasteiger charge is 2.31. The Kier molecular flexibility index (Phi) is 2.42. The highest BCUT2D eigenvalue weighted by atomic mass is 19.1. The van der Waals surface area contributed by atoms with Crippen LogP contribution in [0.15, 0.2) is 36.8 Å². The molecule has 1 fully saturated rings. The number of H-pyrrole nitrogens is 1. The van der Waals surface area contributed by atoms with E-state index in [0.29, 0.717) is 0 Å². The van der Waals surface area contributed by atoms with Crippen LogP contribution in [-0.4, -0.2) is 33.3 Å². The van der Waals surface area contributed by atoms with Crippen LogP contribution >= 0.6 is 0 Å². The lowest BCUT2D eigenvalue weighted by molar-refractivity contribution is 0.491. The smallest absolute Gasteiger partial charge is 0.160 e. The fourth-order valence-corrected chi connectivity index (χ4v) is 2.66. The van der Waals surface area contributed by atoms with Crippen molar-refractivity contribution in [3.8, 4) is 0 Å². The lowest BCUT2D eigenvalue weighted by Crippen LogP contribution is -2.45. The van der Waals surface area contributed by atoms with Crippen LogP contribution in [-0.2, 0) is 0 Å². The maximum Gasteiger partial charge on any atom is 0.160 e. The number of rotatable bonds is 2. The van der Waals surface area contributed by atoms with Gasteiger partial charge in [0.15, 0.2) is 5.65 Å². The number of hydrogen-bond donors (Lipinski definition) is 1. The van der Waals surface area contributed by atoms with Crippen LogP contribution in [0.5, 0.6) is 0 Å². The predicted molar refractivity (Wildman–Crippen MR) is 73.0 cm³/mol. The van der Waals surface area contributed by atoms with Crippen molar-refractivity contribution in [2.45, 2.75) is 5.92 Å². The molecule has 100 valence electrons. The summed E-state index contributed by atoms with van der Waals surface area (Å²) in [5.74, 6) is 0.942. The molecule has 2 aromatic heterocycles. The summed E-state index contributed by atoms with van der Waals surface area (Å²) in [5, 5.41) is 7.71. The number of nitrogens with zero attached hydrogens (tertiary/aromatic N) is 4. The second-order valence-corrected chi connectivity index (χ2v) is 4.95. The molecular formula is C14H12FN5. The van der Waals surface area contributed by atoms with Gasteiger partial charge in [-0.2, -0.15) is 5.10 Å². The van der Waals surface area contributed by atoms with Gasteiger partial charge in [-0.25, -0.2) is 14.4 Å². The second-order valence-electron chi connectivity index (χ2n) is 4.95. The van der Waals surface area contributed by atoms with E-state index < -0.39 is 0 Å². The number of nitrogens with one attached hydrogen (secondary N) is 1. The summed E-state index contributed by atoms with van der Waals surface area (Å²) in [6, 6.07) is 6.95. The average Bonchev–Trinajstić information content (AvgIpc) is 2.88. The summed E-state index contributed by atoms with van der Waals surface area (Å²) < 4.78 is 13.7. The summed E-state index contributed by atoms with van der Waals surface area (Å²) in [6.45, 7) is 1.52. The quantitative estimate of drug-likeness (QED) is 0.774. The van der Waals surface area contributed by atoms with E-state index in [9.17, 15) is 4.39 Å². The van der Waals surface area contributed by atoms with Gasteiger partial charge in [0.25, 0.3) is 0 Å². The Hall–Kier alpha value is -2.50. The van der Waals surface area contributed by atoms with Crippen LogP contribution in [0.4, 0.5) is 10.2 Å². The molecule has 0 amide bonds. The van der Waals surface area contributed by atoms with Crippen molar-refractivity contribution in [3.63, 3.8) is 0 Å². The zero-order valence-electron chi connectivity index (χ0n) is 10.6. The van der Waals surface area contributed by atoms with Crippen molar-refractivity contribution in [2.24, 2.45) is 0 Å². The number of fused-ring (bicyclic) bond motifs is 1. The maximum absolute atomic E-state index is 13.7. The van der Waals surface area contributed by atoms with Crippen LogP contribution in [0.3, 0.4) is 0 Å². The van der Waals surface area contributed by atoms with Crippen molar-refractivity contribution < 1.29 is 4.39 Å². The fourth-order valence-electron chi connectivity index (χ4n) is 2.66. The highest BCUT2D eigenvalue weighted by Crippen LogP contribution is 2.34. The lowest BCUT2D eigenvalue weighted by atomic mass is 9.91. The van der Waals surface area contributed by atoms with Crippen molar-refractivity contribution in [2.75, 3.05) is 18.0 Å². The van der Waals surface area contributed by atoms with Crippen LogP contribution in [0.1, 0.15) is 11.5 Å². The molecule has 20 heavy (non-hydrogen) atoms. The summed E-state index contributed by atoms with van der Waals surface area (Å²) in [5.41, 5.74) is 1.51. The first-order valence-electron chi connectivity index (χ1n) is 6.46. The molecule has 0 unspecified atom stereocenters. The van der Waals surface area contributed by atoms with Crippen molar-refractivity contribution in [1.82, 2.24) is 20.2 Å². The fraction of sp³-hybridized carbons (Fsp3) is 0.214. The van der Waals surface area contributed by atoms with Gasteiger partial charge in [0.05, 0.1) is 11.6 Å². The third kappa shape index (κ3) is 1.65. The molecule has 0 spiro atoms. The molecule has 1 aliphatic heterocycles. The Morgan fingerprint density at radius 2 is 2.05 bits per heavy atom. The first kappa shape index (κ1) is 11.3. The second kappa shape index (κ2) is 4.26. The van der Waals surface area contributed by atoms with Gasteiger partial charge in [0, 0.05) is 19.0 Å². The van der Waals surface area contributed by atoms with E-state index in [-0.39, 0.29) is 11.7 Å². The van der Waals surface area contributed by atoms with E-state index in [0.717, 1.165) is 35.5 Å². The monoisotopic (exact) mass is 269 g/mol. The van der Waals surface area contributed by atoms with Crippen LogP contribution in [0.25, 0.3) is 11.0 Å². The molecule has 5 nitrogen and oxygen atoms in total. The molecular weight excluding hydrogens is 257 g/mol. The van der Waals surface area contributed by atoms with E-state index in [2.05, 4.69) is 25.1 Å². The number of aromatic nitrogens is 4. The predicted octanol–water partition coefficient (Wildman–Crippen LogP) is 2.10. The van der Waals surface area contributed by atoms with Gasteiger partial charge in [0.2, 0.25) is 0 Å². The molecule has 3 aromatic rings. The lowest BCUT2D eigenvalue weighted by Gasteiger charge is -2.40. The zero-order valence-corrected chi connectivity index (χ0v) is 10.6. The van der Waals surface area contributed by atoms with Gasteiger partial charge in [-0.1, -0.05) is 18.2 Å². The molecule has 0 radical (unpaired) electrons. The number of aromatic amines is 1. The Bertz CT molecular complexity index is 763. The number of hydrogen-bond acceptors (Lipinski definition) is 4. The Morgan fingerprint density at radius 3 is 2.90 bits per heavy atom. The molecule has 1 N–H and O–H groups in total. The topological polar surface area (TPSA) is 57.7 Å². The molecule has 0 saturated carbocycles. The molecule has 4 rings (SSSR count). The molecule has 1 aliphatic rings. The first-order valence-corrected chi connectivity index (χ1v) is 6.46.